The zero-order valence-corrected chi connectivity index (χ0v) is 12.4. The lowest BCUT2D eigenvalue weighted by atomic mass is 10.1. The van der Waals surface area contributed by atoms with Crippen LogP contribution in [0.15, 0.2) is 18.6 Å². The molecular weight excluding hydrogens is 266 g/mol. The smallest absolute Gasteiger partial charge is 0.163 e. The van der Waals surface area contributed by atoms with Crippen molar-refractivity contribution in [3.05, 3.63) is 30.0 Å². The third kappa shape index (κ3) is 1.80. The molecule has 3 aromatic rings. The average Bonchev–Trinajstić information content (AvgIpc) is 2.93. The third-order valence-electron chi connectivity index (χ3n) is 4.06. The molecule has 4 rings (SSSR count). The first-order valence-corrected chi connectivity index (χ1v) is 7.04. The van der Waals surface area contributed by atoms with Crippen molar-refractivity contribution in [2.24, 2.45) is 7.05 Å². The lowest BCUT2D eigenvalue weighted by Gasteiger charge is -2.40. The number of aromatic nitrogens is 6. The van der Waals surface area contributed by atoms with Crippen LogP contribution in [0.3, 0.4) is 0 Å². The number of nitrogens with zero attached hydrogens (tertiary/aromatic N) is 7. The first kappa shape index (κ1) is 12.3. The van der Waals surface area contributed by atoms with Gasteiger partial charge in [-0.3, -0.25) is 9.36 Å². The van der Waals surface area contributed by atoms with E-state index in [1.54, 1.807) is 11.0 Å². The summed E-state index contributed by atoms with van der Waals surface area (Å²) in [4.78, 5) is 11.0. The normalized spacial score (nSPS) is 15.7. The summed E-state index contributed by atoms with van der Waals surface area (Å²) in [5.74, 6) is 0.964. The van der Waals surface area contributed by atoms with E-state index in [9.17, 15) is 0 Å². The van der Waals surface area contributed by atoms with Crippen molar-refractivity contribution < 1.29 is 0 Å². The van der Waals surface area contributed by atoms with Crippen molar-refractivity contribution in [1.82, 2.24) is 29.5 Å². The molecule has 0 N–H and O–H groups in total. The molecule has 0 aliphatic carbocycles. The van der Waals surface area contributed by atoms with Crippen molar-refractivity contribution in [3.8, 4) is 0 Å². The molecule has 7 heteroatoms. The molecule has 0 bridgehead atoms. The zero-order chi connectivity index (χ0) is 14.6. The Morgan fingerprint density at radius 2 is 2.00 bits per heavy atom. The lowest BCUT2D eigenvalue weighted by molar-refractivity contribution is 0.359. The van der Waals surface area contributed by atoms with Crippen LogP contribution in [0, 0.1) is 13.8 Å². The Morgan fingerprint density at radius 3 is 2.71 bits per heavy atom. The highest BCUT2D eigenvalue weighted by Crippen LogP contribution is 2.31. The number of fused-ring (bicyclic) bond motifs is 1. The van der Waals surface area contributed by atoms with Crippen LogP contribution in [0.25, 0.3) is 11.0 Å². The van der Waals surface area contributed by atoms with Gasteiger partial charge < -0.3 is 4.90 Å². The molecule has 0 unspecified atom stereocenters. The quantitative estimate of drug-likeness (QED) is 0.708. The molecule has 4 heterocycles. The number of anilines is 1. The number of hydrogen-bond donors (Lipinski definition) is 0. The van der Waals surface area contributed by atoms with Crippen LogP contribution in [-0.4, -0.2) is 42.6 Å². The van der Waals surface area contributed by atoms with Gasteiger partial charge in [-0.05, 0) is 19.9 Å². The van der Waals surface area contributed by atoms with E-state index in [4.69, 9.17) is 0 Å². The second-order valence-electron chi connectivity index (χ2n) is 5.63. The summed E-state index contributed by atoms with van der Waals surface area (Å²) in [6.07, 6.45) is 3.44. The van der Waals surface area contributed by atoms with Gasteiger partial charge in [-0.1, -0.05) is 0 Å². The van der Waals surface area contributed by atoms with Crippen LogP contribution in [0.4, 0.5) is 5.82 Å². The molecule has 1 saturated heterocycles. The van der Waals surface area contributed by atoms with Gasteiger partial charge in [-0.2, -0.15) is 10.2 Å². The molecule has 0 atom stereocenters. The lowest BCUT2D eigenvalue weighted by Crippen LogP contribution is -2.48. The van der Waals surface area contributed by atoms with Gasteiger partial charge in [0.2, 0.25) is 0 Å². The molecular formula is C14H17N7. The monoisotopic (exact) mass is 283 g/mol. The maximum Gasteiger partial charge on any atom is 0.163 e. The van der Waals surface area contributed by atoms with Gasteiger partial charge in [0.1, 0.15) is 12.1 Å². The summed E-state index contributed by atoms with van der Waals surface area (Å²) in [7, 11) is 1.90. The first-order chi connectivity index (χ1) is 10.1. The molecule has 3 aromatic heterocycles. The average molecular weight is 283 g/mol. The van der Waals surface area contributed by atoms with Crippen molar-refractivity contribution in [2.75, 3.05) is 18.0 Å². The van der Waals surface area contributed by atoms with E-state index in [2.05, 4.69) is 42.7 Å². The summed E-state index contributed by atoms with van der Waals surface area (Å²) in [5.41, 5.74) is 3.16. The minimum absolute atomic E-state index is 0.417. The van der Waals surface area contributed by atoms with Crippen LogP contribution >= 0.6 is 0 Å². The van der Waals surface area contributed by atoms with Gasteiger partial charge in [0.25, 0.3) is 0 Å². The number of hydrogen-bond acceptors (Lipinski definition) is 5. The van der Waals surface area contributed by atoms with Gasteiger partial charge in [0.15, 0.2) is 5.65 Å². The van der Waals surface area contributed by atoms with Gasteiger partial charge in [0.05, 0.1) is 23.3 Å². The fraction of sp³-hybridized carbons (Fsp3) is 0.429. The van der Waals surface area contributed by atoms with Gasteiger partial charge >= 0.3 is 0 Å². The van der Waals surface area contributed by atoms with E-state index in [1.807, 2.05) is 20.2 Å². The SMILES string of the molecule is Cc1cc(C)n(C2CN(c3ncnc4c3cnn4C)C2)n1. The van der Waals surface area contributed by atoms with Crippen LogP contribution in [0.1, 0.15) is 17.4 Å². The van der Waals surface area contributed by atoms with Gasteiger partial charge in [-0.25, -0.2) is 9.97 Å². The summed E-state index contributed by atoms with van der Waals surface area (Å²) in [6.45, 7) is 5.97. The first-order valence-electron chi connectivity index (χ1n) is 7.04. The molecule has 0 spiro atoms. The number of aryl methyl sites for hydroxylation is 3. The van der Waals surface area contributed by atoms with E-state index in [1.165, 1.54) is 5.69 Å². The summed E-state index contributed by atoms with van der Waals surface area (Å²) in [5, 5.41) is 9.84. The zero-order valence-electron chi connectivity index (χ0n) is 12.4. The van der Waals surface area contributed by atoms with E-state index in [-0.39, 0.29) is 0 Å². The highest BCUT2D eigenvalue weighted by molar-refractivity contribution is 5.87. The largest absolute Gasteiger partial charge is 0.351 e. The number of rotatable bonds is 2. The Balaban J connectivity index is 1.61. The second kappa shape index (κ2) is 4.28. The Bertz CT molecular complexity index is 810. The Morgan fingerprint density at radius 1 is 1.19 bits per heavy atom. The van der Waals surface area contributed by atoms with Crippen molar-refractivity contribution in [3.63, 3.8) is 0 Å². The minimum Gasteiger partial charge on any atom is -0.351 e. The standard InChI is InChI=1S/C14H17N7/c1-9-4-10(2)21(18-9)11-6-20(7-11)14-12-5-17-19(3)13(12)15-8-16-14/h4-5,8,11H,6-7H2,1-3H3. The minimum atomic E-state index is 0.417. The van der Waals surface area contributed by atoms with Gasteiger partial charge in [-0.15, -0.1) is 0 Å². The van der Waals surface area contributed by atoms with E-state index >= 15 is 0 Å². The van der Waals surface area contributed by atoms with Crippen molar-refractivity contribution >= 4 is 16.9 Å². The molecule has 0 amide bonds. The molecule has 0 saturated carbocycles. The molecule has 1 aliphatic heterocycles. The summed E-state index contributed by atoms with van der Waals surface area (Å²) < 4.78 is 3.90. The highest BCUT2D eigenvalue weighted by atomic mass is 15.4. The second-order valence-corrected chi connectivity index (χ2v) is 5.63. The van der Waals surface area contributed by atoms with E-state index in [0.29, 0.717) is 6.04 Å². The van der Waals surface area contributed by atoms with Crippen LogP contribution < -0.4 is 4.90 Å². The summed E-state index contributed by atoms with van der Waals surface area (Å²) >= 11 is 0. The predicted octanol–water partition coefficient (Wildman–Crippen LogP) is 1.24. The van der Waals surface area contributed by atoms with E-state index in [0.717, 1.165) is 35.6 Å². The van der Waals surface area contributed by atoms with Gasteiger partial charge in [0, 0.05) is 25.8 Å². The third-order valence-corrected chi connectivity index (χ3v) is 4.06. The van der Waals surface area contributed by atoms with Crippen molar-refractivity contribution in [1.29, 1.82) is 0 Å². The molecule has 1 aliphatic rings. The Labute approximate surface area is 122 Å². The fourth-order valence-electron chi connectivity index (χ4n) is 3.00. The molecule has 7 nitrogen and oxygen atoms in total. The van der Waals surface area contributed by atoms with Crippen LogP contribution in [-0.2, 0) is 7.05 Å². The molecule has 108 valence electrons. The maximum absolute atomic E-state index is 4.57. The molecule has 0 aromatic carbocycles. The molecule has 21 heavy (non-hydrogen) atoms. The maximum atomic E-state index is 4.57. The van der Waals surface area contributed by atoms with Crippen molar-refractivity contribution in [2.45, 2.75) is 19.9 Å². The highest BCUT2D eigenvalue weighted by Gasteiger charge is 2.32. The molecule has 0 radical (unpaired) electrons. The predicted molar refractivity (Wildman–Crippen MR) is 79.3 cm³/mol. The molecule has 1 fully saturated rings. The summed E-state index contributed by atoms with van der Waals surface area (Å²) in [6, 6.07) is 2.53. The van der Waals surface area contributed by atoms with E-state index < -0.39 is 0 Å². The topological polar surface area (TPSA) is 64.7 Å². The Hall–Kier alpha value is -2.44. The van der Waals surface area contributed by atoms with Crippen LogP contribution in [0.2, 0.25) is 0 Å². The van der Waals surface area contributed by atoms with Crippen LogP contribution in [0.5, 0.6) is 0 Å². The fourth-order valence-corrected chi connectivity index (χ4v) is 3.00. The Kier molecular flexibility index (Phi) is 2.51.